The van der Waals surface area contributed by atoms with Crippen molar-refractivity contribution in [1.29, 1.82) is 0 Å². The van der Waals surface area contributed by atoms with E-state index in [9.17, 15) is 0 Å². The SMILES string of the molecule is CCNC(=NCc1nc(-c2ccco2)n[nH]1)N(C)Cc1cnn(C)c1. The third-order valence-electron chi connectivity index (χ3n) is 3.53. The maximum absolute atomic E-state index is 5.29. The van der Waals surface area contributed by atoms with Gasteiger partial charge in [0.2, 0.25) is 5.82 Å². The fourth-order valence-corrected chi connectivity index (χ4v) is 2.40. The lowest BCUT2D eigenvalue weighted by Gasteiger charge is -2.21. The van der Waals surface area contributed by atoms with Crippen LogP contribution in [0.15, 0.2) is 40.2 Å². The predicted molar refractivity (Wildman–Crippen MR) is 93.6 cm³/mol. The molecule has 0 atom stereocenters. The number of rotatable bonds is 6. The van der Waals surface area contributed by atoms with E-state index >= 15 is 0 Å². The number of aromatic amines is 1. The topological polar surface area (TPSA) is 100 Å². The van der Waals surface area contributed by atoms with E-state index in [4.69, 9.17) is 4.42 Å². The van der Waals surface area contributed by atoms with Crippen LogP contribution in [0.5, 0.6) is 0 Å². The zero-order chi connectivity index (χ0) is 17.6. The Balaban J connectivity index is 1.67. The number of nitrogens with one attached hydrogen (secondary N) is 2. The van der Waals surface area contributed by atoms with Crippen molar-refractivity contribution >= 4 is 5.96 Å². The maximum atomic E-state index is 5.29. The van der Waals surface area contributed by atoms with Crippen LogP contribution in [0.4, 0.5) is 0 Å². The van der Waals surface area contributed by atoms with Crippen molar-refractivity contribution in [3.63, 3.8) is 0 Å². The van der Waals surface area contributed by atoms with E-state index in [2.05, 4.69) is 30.6 Å². The van der Waals surface area contributed by atoms with Crippen molar-refractivity contribution in [2.45, 2.75) is 20.0 Å². The van der Waals surface area contributed by atoms with Gasteiger partial charge in [-0.1, -0.05) is 0 Å². The quantitative estimate of drug-likeness (QED) is 0.519. The summed E-state index contributed by atoms with van der Waals surface area (Å²) in [6.45, 7) is 3.93. The first-order valence-electron chi connectivity index (χ1n) is 8.08. The molecule has 0 saturated heterocycles. The highest BCUT2D eigenvalue weighted by Gasteiger charge is 2.10. The van der Waals surface area contributed by atoms with Crippen LogP contribution in [0, 0.1) is 0 Å². The number of nitrogens with zero attached hydrogens (tertiary/aromatic N) is 6. The largest absolute Gasteiger partial charge is 0.461 e. The van der Waals surface area contributed by atoms with Crippen molar-refractivity contribution < 1.29 is 4.42 Å². The van der Waals surface area contributed by atoms with Gasteiger partial charge >= 0.3 is 0 Å². The summed E-state index contributed by atoms with van der Waals surface area (Å²) >= 11 is 0. The Morgan fingerprint density at radius 1 is 1.48 bits per heavy atom. The molecule has 9 nitrogen and oxygen atoms in total. The third-order valence-corrected chi connectivity index (χ3v) is 3.53. The zero-order valence-electron chi connectivity index (χ0n) is 14.6. The van der Waals surface area contributed by atoms with E-state index in [-0.39, 0.29) is 0 Å². The molecule has 2 N–H and O–H groups in total. The van der Waals surface area contributed by atoms with Crippen LogP contribution in [-0.2, 0) is 20.1 Å². The lowest BCUT2D eigenvalue weighted by atomic mass is 10.3. The van der Waals surface area contributed by atoms with Crippen LogP contribution in [-0.4, -0.2) is 49.4 Å². The standard InChI is InChI=1S/C16H22N8O/c1-4-17-16(23(2)10-12-8-19-24(3)11-12)18-9-14-20-15(22-21-14)13-6-5-7-25-13/h5-8,11H,4,9-10H2,1-3H3,(H,17,18)(H,20,21,22). The minimum absolute atomic E-state index is 0.396. The van der Waals surface area contributed by atoms with Crippen molar-refractivity contribution in [2.24, 2.45) is 12.0 Å². The minimum atomic E-state index is 0.396. The number of furan rings is 1. The van der Waals surface area contributed by atoms with Crippen LogP contribution in [0.2, 0.25) is 0 Å². The maximum Gasteiger partial charge on any atom is 0.216 e. The first-order valence-corrected chi connectivity index (χ1v) is 8.08. The Morgan fingerprint density at radius 2 is 2.36 bits per heavy atom. The molecule has 3 aromatic rings. The molecule has 0 unspecified atom stereocenters. The fraction of sp³-hybridized carbons (Fsp3) is 0.375. The van der Waals surface area contributed by atoms with Gasteiger partial charge < -0.3 is 14.6 Å². The molecule has 0 aliphatic carbocycles. The summed E-state index contributed by atoms with van der Waals surface area (Å²) in [5.41, 5.74) is 1.12. The summed E-state index contributed by atoms with van der Waals surface area (Å²) in [6.07, 6.45) is 5.44. The first-order chi connectivity index (χ1) is 12.2. The summed E-state index contributed by atoms with van der Waals surface area (Å²) in [5.74, 6) is 2.63. The van der Waals surface area contributed by atoms with Gasteiger partial charge in [0.15, 0.2) is 11.7 Å². The first kappa shape index (κ1) is 16.7. The molecule has 3 aromatic heterocycles. The van der Waals surface area contributed by atoms with Gasteiger partial charge in [-0.3, -0.25) is 9.78 Å². The molecule has 0 aliphatic rings. The van der Waals surface area contributed by atoms with Gasteiger partial charge in [0.05, 0.1) is 12.5 Å². The van der Waals surface area contributed by atoms with Crippen molar-refractivity contribution in [3.05, 3.63) is 42.2 Å². The molecule has 0 aromatic carbocycles. The molecule has 9 heteroatoms. The predicted octanol–water partition coefficient (Wildman–Crippen LogP) is 1.40. The zero-order valence-corrected chi connectivity index (χ0v) is 14.6. The molecule has 0 spiro atoms. The molecule has 0 radical (unpaired) electrons. The minimum Gasteiger partial charge on any atom is -0.461 e. The normalized spacial score (nSPS) is 11.7. The molecule has 0 amide bonds. The van der Waals surface area contributed by atoms with E-state index in [1.807, 2.05) is 44.4 Å². The highest BCUT2D eigenvalue weighted by atomic mass is 16.3. The van der Waals surface area contributed by atoms with Crippen molar-refractivity contribution in [1.82, 2.24) is 35.2 Å². The van der Waals surface area contributed by atoms with Gasteiger partial charge in [0, 0.05) is 38.9 Å². The van der Waals surface area contributed by atoms with Gasteiger partial charge in [-0.15, -0.1) is 5.10 Å². The number of hydrogen-bond acceptors (Lipinski definition) is 5. The summed E-state index contributed by atoms with van der Waals surface area (Å²) in [7, 11) is 3.90. The summed E-state index contributed by atoms with van der Waals surface area (Å²) in [5, 5.41) is 14.5. The molecule has 0 fully saturated rings. The number of H-pyrrole nitrogens is 1. The van der Waals surface area contributed by atoms with Crippen LogP contribution < -0.4 is 5.32 Å². The molecular formula is C16H22N8O. The van der Waals surface area contributed by atoms with Crippen LogP contribution in [0.1, 0.15) is 18.3 Å². The van der Waals surface area contributed by atoms with Crippen LogP contribution >= 0.6 is 0 Å². The molecule has 0 bridgehead atoms. The van der Waals surface area contributed by atoms with Gasteiger partial charge in [0.25, 0.3) is 0 Å². The van der Waals surface area contributed by atoms with Crippen LogP contribution in [0.25, 0.3) is 11.6 Å². The second-order valence-electron chi connectivity index (χ2n) is 5.63. The number of aliphatic imine (C=N–C) groups is 1. The second kappa shape index (κ2) is 7.65. The van der Waals surface area contributed by atoms with Gasteiger partial charge in [0.1, 0.15) is 12.4 Å². The second-order valence-corrected chi connectivity index (χ2v) is 5.63. The molecule has 3 rings (SSSR count). The Bertz CT molecular complexity index is 817. The fourth-order valence-electron chi connectivity index (χ4n) is 2.40. The molecule has 3 heterocycles. The third kappa shape index (κ3) is 4.25. The monoisotopic (exact) mass is 342 g/mol. The van der Waals surface area contributed by atoms with E-state index < -0.39 is 0 Å². The number of aromatic nitrogens is 5. The Kier molecular flexibility index (Phi) is 5.12. The number of guanidine groups is 1. The molecule has 25 heavy (non-hydrogen) atoms. The molecular weight excluding hydrogens is 320 g/mol. The van der Waals surface area contributed by atoms with Crippen molar-refractivity contribution in [3.8, 4) is 11.6 Å². The Hall–Kier alpha value is -3.10. The Labute approximate surface area is 145 Å². The average Bonchev–Trinajstić information content (AvgIpc) is 3.33. The van der Waals surface area contributed by atoms with Crippen LogP contribution in [0.3, 0.4) is 0 Å². The van der Waals surface area contributed by atoms with Crippen molar-refractivity contribution in [2.75, 3.05) is 13.6 Å². The number of aryl methyl sites for hydroxylation is 1. The number of hydrogen-bond donors (Lipinski definition) is 2. The molecule has 132 valence electrons. The van der Waals surface area contributed by atoms with E-state index in [1.165, 1.54) is 0 Å². The van der Waals surface area contributed by atoms with Gasteiger partial charge in [-0.05, 0) is 19.1 Å². The molecule has 0 saturated carbocycles. The molecule has 0 aliphatic heterocycles. The lowest BCUT2D eigenvalue weighted by molar-refractivity contribution is 0.476. The van der Waals surface area contributed by atoms with Gasteiger partial charge in [-0.25, -0.2) is 9.98 Å². The highest BCUT2D eigenvalue weighted by molar-refractivity contribution is 5.79. The van der Waals surface area contributed by atoms with E-state index in [1.54, 1.807) is 17.0 Å². The summed E-state index contributed by atoms with van der Waals surface area (Å²) in [4.78, 5) is 11.1. The summed E-state index contributed by atoms with van der Waals surface area (Å²) < 4.78 is 7.08. The Morgan fingerprint density at radius 3 is 3.04 bits per heavy atom. The van der Waals surface area contributed by atoms with Gasteiger partial charge in [-0.2, -0.15) is 5.10 Å². The summed E-state index contributed by atoms with van der Waals surface area (Å²) in [6, 6.07) is 3.63. The average molecular weight is 342 g/mol. The van der Waals surface area contributed by atoms with E-state index in [0.717, 1.165) is 18.1 Å². The lowest BCUT2D eigenvalue weighted by Crippen LogP contribution is -2.38. The van der Waals surface area contributed by atoms with E-state index in [0.29, 0.717) is 30.5 Å². The smallest absolute Gasteiger partial charge is 0.216 e. The highest BCUT2D eigenvalue weighted by Crippen LogP contribution is 2.14.